The van der Waals surface area contributed by atoms with Gasteiger partial charge in [0.05, 0.1) is 5.69 Å². The minimum Gasteiger partial charge on any atom is -0.458 e. The van der Waals surface area contributed by atoms with Gasteiger partial charge in [-0.05, 0) is 31.6 Å². The molecule has 0 unspecified atom stereocenters. The van der Waals surface area contributed by atoms with Gasteiger partial charge in [-0.15, -0.1) is 0 Å². The molecule has 0 spiro atoms. The first kappa shape index (κ1) is 15.8. The fourth-order valence-corrected chi connectivity index (χ4v) is 2.11. The topological polar surface area (TPSA) is 44.1 Å². The summed E-state index contributed by atoms with van der Waals surface area (Å²) < 4.78 is 6.93. The van der Waals surface area contributed by atoms with Gasteiger partial charge in [0, 0.05) is 24.4 Å². The number of nitrogens with zero attached hydrogens (tertiary/aromatic N) is 2. The molecule has 0 N–H and O–H groups in total. The average Bonchev–Trinajstić information content (AvgIpc) is 2.76. The van der Waals surface area contributed by atoms with Crippen LogP contribution in [0.4, 0.5) is 0 Å². The van der Waals surface area contributed by atoms with E-state index in [2.05, 4.69) is 5.10 Å². The minimum atomic E-state index is -0.361. The highest BCUT2D eigenvalue weighted by Gasteiger charge is 2.06. The first-order chi connectivity index (χ1) is 10.6. The van der Waals surface area contributed by atoms with Gasteiger partial charge in [-0.3, -0.25) is 4.68 Å². The molecule has 114 valence electrons. The van der Waals surface area contributed by atoms with E-state index in [9.17, 15) is 4.79 Å². The average molecular weight is 296 g/mol. The van der Waals surface area contributed by atoms with E-state index in [0.29, 0.717) is 0 Å². The van der Waals surface area contributed by atoms with E-state index in [1.165, 1.54) is 6.08 Å². The molecule has 0 atom stereocenters. The summed E-state index contributed by atoms with van der Waals surface area (Å²) >= 11 is 0. The lowest BCUT2D eigenvalue weighted by Crippen LogP contribution is -2.00. The number of ether oxygens (including phenoxy) is 1. The molecule has 0 aliphatic rings. The van der Waals surface area contributed by atoms with Crippen molar-refractivity contribution in [2.45, 2.75) is 13.8 Å². The number of aromatic nitrogens is 2. The third kappa shape index (κ3) is 4.19. The molecule has 0 saturated heterocycles. The quantitative estimate of drug-likeness (QED) is 0.628. The number of benzene rings is 1. The van der Waals surface area contributed by atoms with Gasteiger partial charge < -0.3 is 4.74 Å². The van der Waals surface area contributed by atoms with Gasteiger partial charge in [0.25, 0.3) is 0 Å². The third-order valence-electron chi connectivity index (χ3n) is 3.38. The molecule has 2 aromatic rings. The van der Waals surface area contributed by atoms with Gasteiger partial charge in [-0.2, -0.15) is 5.10 Å². The second-order valence-corrected chi connectivity index (χ2v) is 4.98. The molecule has 4 heteroatoms. The summed E-state index contributed by atoms with van der Waals surface area (Å²) in [4.78, 5) is 11.7. The summed E-state index contributed by atoms with van der Waals surface area (Å²) in [7, 11) is 1.88. The van der Waals surface area contributed by atoms with Crippen LogP contribution in [0.1, 0.15) is 22.5 Å². The molecule has 0 saturated carbocycles. The van der Waals surface area contributed by atoms with Crippen LogP contribution in [-0.4, -0.2) is 22.4 Å². The number of hydrogen-bond acceptors (Lipinski definition) is 3. The molecular formula is C18H20N2O2. The van der Waals surface area contributed by atoms with Crippen LogP contribution in [0.2, 0.25) is 0 Å². The summed E-state index contributed by atoms with van der Waals surface area (Å²) in [5, 5.41) is 4.30. The largest absolute Gasteiger partial charge is 0.458 e. The molecule has 1 heterocycles. The maximum atomic E-state index is 11.7. The SMILES string of the molecule is Cc1nn(C)c(C)c1C=CC(=O)OCC=Cc1ccccc1. The number of carbonyl (C=O) groups excluding carboxylic acids is 1. The first-order valence-electron chi connectivity index (χ1n) is 7.14. The number of carbonyl (C=O) groups is 1. The Morgan fingerprint density at radius 3 is 2.59 bits per heavy atom. The zero-order valence-electron chi connectivity index (χ0n) is 13.1. The summed E-state index contributed by atoms with van der Waals surface area (Å²) in [5.41, 5.74) is 3.95. The van der Waals surface area contributed by atoms with Gasteiger partial charge in [-0.1, -0.05) is 36.4 Å². The van der Waals surface area contributed by atoms with E-state index >= 15 is 0 Å². The van der Waals surface area contributed by atoms with E-state index in [1.54, 1.807) is 10.8 Å². The Morgan fingerprint density at radius 2 is 1.95 bits per heavy atom. The van der Waals surface area contributed by atoms with Crippen molar-refractivity contribution >= 4 is 18.1 Å². The highest BCUT2D eigenvalue weighted by atomic mass is 16.5. The molecule has 22 heavy (non-hydrogen) atoms. The zero-order chi connectivity index (χ0) is 15.9. The summed E-state index contributed by atoms with van der Waals surface area (Å²) in [6.07, 6.45) is 6.93. The van der Waals surface area contributed by atoms with Gasteiger partial charge in [0.1, 0.15) is 6.61 Å². The van der Waals surface area contributed by atoms with Crippen LogP contribution in [0.3, 0.4) is 0 Å². The molecule has 4 nitrogen and oxygen atoms in total. The van der Waals surface area contributed by atoms with Gasteiger partial charge in [-0.25, -0.2) is 4.79 Å². The molecule has 0 aliphatic heterocycles. The molecule has 1 aromatic carbocycles. The third-order valence-corrected chi connectivity index (χ3v) is 3.38. The Bertz CT molecular complexity index is 697. The van der Waals surface area contributed by atoms with Crippen LogP contribution in [0.5, 0.6) is 0 Å². The molecule has 2 rings (SSSR count). The minimum absolute atomic E-state index is 0.253. The van der Waals surface area contributed by atoms with Crippen molar-refractivity contribution in [2.24, 2.45) is 7.05 Å². The highest BCUT2D eigenvalue weighted by molar-refractivity contribution is 5.87. The molecular weight excluding hydrogens is 276 g/mol. The van der Waals surface area contributed by atoms with E-state index in [1.807, 2.05) is 63.4 Å². The van der Waals surface area contributed by atoms with Crippen LogP contribution in [0, 0.1) is 13.8 Å². The molecule has 0 amide bonds. The van der Waals surface area contributed by atoms with Crippen LogP contribution >= 0.6 is 0 Å². The van der Waals surface area contributed by atoms with E-state index in [4.69, 9.17) is 4.74 Å². The molecule has 1 aromatic heterocycles. The summed E-state index contributed by atoms with van der Waals surface area (Å²) in [6, 6.07) is 9.88. The summed E-state index contributed by atoms with van der Waals surface area (Å²) in [5.74, 6) is -0.361. The second-order valence-electron chi connectivity index (χ2n) is 4.98. The van der Waals surface area contributed by atoms with Crippen LogP contribution in [0.15, 0.2) is 42.5 Å². The van der Waals surface area contributed by atoms with Crippen LogP contribution < -0.4 is 0 Å². The molecule has 0 radical (unpaired) electrons. The summed E-state index contributed by atoms with van der Waals surface area (Å²) in [6.45, 7) is 4.14. The van der Waals surface area contributed by atoms with Gasteiger partial charge in [0.15, 0.2) is 0 Å². The lowest BCUT2D eigenvalue weighted by molar-refractivity contribution is -0.136. The smallest absolute Gasteiger partial charge is 0.331 e. The number of rotatable bonds is 5. The van der Waals surface area contributed by atoms with E-state index < -0.39 is 0 Å². The van der Waals surface area contributed by atoms with Crippen molar-refractivity contribution in [3.05, 3.63) is 65.0 Å². The van der Waals surface area contributed by atoms with Crippen molar-refractivity contribution in [2.75, 3.05) is 6.61 Å². The number of esters is 1. The van der Waals surface area contributed by atoms with Gasteiger partial charge in [0.2, 0.25) is 0 Å². The van der Waals surface area contributed by atoms with Crippen molar-refractivity contribution in [1.29, 1.82) is 0 Å². The maximum Gasteiger partial charge on any atom is 0.331 e. The predicted molar refractivity (Wildman–Crippen MR) is 88.2 cm³/mol. The fourth-order valence-electron chi connectivity index (χ4n) is 2.11. The highest BCUT2D eigenvalue weighted by Crippen LogP contribution is 2.13. The van der Waals surface area contributed by atoms with Crippen molar-refractivity contribution in [3.8, 4) is 0 Å². The fraction of sp³-hybridized carbons (Fsp3) is 0.222. The monoisotopic (exact) mass is 296 g/mol. The van der Waals surface area contributed by atoms with Crippen LogP contribution in [0.25, 0.3) is 12.2 Å². The Kier molecular flexibility index (Phi) is 5.31. The first-order valence-corrected chi connectivity index (χ1v) is 7.14. The molecule has 0 fully saturated rings. The van der Waals surface area contributed by atoms with Crippen LogP contribution in [-0.2, 0) is 16.6 Å². The predicted octanol–water partition coefficient (Wildman–Crippen LogP) is 3.31. The van der Waals surface area contributed by atoms with Crippen molar-refractivity contribution in [1.82, 2.24) is 9.78 Å². The van der Waals surface area contributed by atoms with Gasteiger partial charge >= 0.3 is 5.97 Å². The number of aryl methyl sites for hydroxylation is 2. The Morgan fingerprint density at radius 1 is 1.23 bits per heavy atom. The van der Waals surface area contributed by atoms with Crippen molar-refractivity contribution < 1.29 is 9.53 Å². The van der Waals surface area contributed by atoms with E-state index in [0.717, 1.165) is 22.5 Å². The Labute approximate surface area is 130 Å². The number of hydrogen-bond donors (Lipinski definition) is 0. The van der Waals surface area contributed by atoms with E-state index in [-0.39, 0.29) is 12.6 Å². The second kappa shape index (κ2) is 7.41. The molecule has 0 bridgehead atoms. The zero-order valence-corrected chi connectivity index (χ0v) is 13.1. The Hall–Kier alpha value is -2.62. The molecule has 0 aliphatic carbocycles. The normalized spacial score (nSPS) is 11.4. The van der Waals surface area contributed by atoms with Crippen molar-refractivity contribution in [3.63, 3.8) is 0 Å². The standard InChI is InChI=1S/C18H20N2O2/c1-14-17(15(2)20(3)19-14)11-12-18(21)22-13-7-10-16-8-5-4-6-9-16/h4-12H,13H2,1-3H3. The Balaban J connectivity index is 1.85. The lowest BCUT2D eigenvalue weighted by atomic mass is 10.2. The lowest BCUT2D eigenvalue weighted by Gasteiger charge is -1.98. The maximum absolute atomic E-state index is 11.7.